The van der Waals surface area contributed by atoms with E-state index in [-0.39, 0.29) is 5.91 Å². The molecule has 2 N–H and O–H groups in total. The molecule has 1 rings (SSSR count). The third kappa shape index (κ3) is 2.20. The minimum Gasteiger partial charge on any atom is -0.352 e. The summed E-state index contributed by atoms with van der Waals surface area (Å²) in [5.41, 5.74) is 0.835. The molecule has 0 saturated heterocycles. The van der Waals surface area contributed by atoms with E-state index in [2.05, 4.69) is 16.9 Å². The fourth-order valence-electron chi connectivity index (χ4n) is 0.857. The van der Waals surface area contributed by atoms with E-state index in [1.165, 1.54) is 12.3 Å². The summed E-state index contributed by atoms with van der Waals surface area (Å²) >= 11 is 0. The molecule has 1 aromatic heterocycles. The number of carbonyl (C=O) groups excluding carboxylic acids is 1. The predicted octanol–water partition coefficient (Wildman–Crippen LogP) is 0.802. The SMILES string of the molecule is C=CCNC(=O)c1c[nH]c(C#N)c1. The van der Waals surface area contributed by atoms with Crippen LogP contribution >= 0.6 is 0 Å². The largest absolute Gasteiger partial charge is 0.352 e. The Labute approximate surface area is 75.9 Å². The fourth-order valence-corrected chi connectivity index (χ4v) is 0.857. The topological polar surface area (TPSA) is 68.7 Å². The van der Waals surface area contributed by atoms with Gasteiger partial charge in [-0.05, 0) is 6.07 Å². The van der Waals surface area contributed by atoms with Crippen molar-refractivity contribution in [2.45, 2.75) is 0 Å². The zero-order chi connectivity index (χ0) is 9.68. The second-order valence-electron chi connectivity index (χ2n) is 2.41. The van der Waals surface area contributed by atoms with Gasteiger partial charge in [-0.3, -0.25) is 4.79 Å². The number of nitrogens with zero attached hydrogens (tertiary/aromatic N) is 1. The smallest absolute Gasteiger partial charge is 0.253 e. The number of rotatable bonds is 3. The van der Waals surface area contributed by atoms with Crippen molar-refractivity contribution >= 4 is 5.91 Å². The average Bonchev–Trinajstić information content (AvgIpc) is 2.62. The fraction of sp³-hybridized carbons (Fsp3) is 0.111. The van der Waals surface area contributed by atoms with Crippen molar-refractivity contribution in [2.75, 3.05) is 6.54 Å². The molecular weight excluding hydrogens is 166 g/mol. The normalized spacial score (nSPS) is 8.85. The number of nitrogens with one attached hydrogen (secondary N) is 2. The van der Waals surface area contributed by atoms with Crippen LogP contribution in [-0.2, 0) is 0 Å². The van der Waals surface area contributed by atoms with Gasteiger partial charge < -0.3 is 10.3 Å². The van der Waals surface area contributed by atoms with Crippen molar-refractivity contribution in [1.82, 2.24) is 10.3 Å². The van der Waals surface area contributed by atoms with Gasteiger partial charge in [0.2, 0.25) is 0 Å². The highest BCUT2D eigenvalue weighted by Gasteiger charge is 2.05. The van der Waals surface area contributed by atoms with E-state index in [0.29, 0.717) is 17.8 Å². The van der Waals surface area contributed by atoms with Crippen molar-refractivity contribution in [1.29, 1.82) is 5.26 Å². The van der Waals surface area contributed by atoms with Crippen molar-refractivity contribution in [3.63, 3.8) is 0 Å². The number of carbonyl (C=O) groups is 1. The number of hydrogen-bond acceptors (Lipinski definition) is 2. The summed E-state index contributed by atoms with van der Waals surface area (Å²) in [5.74, 6) is -0.211. The van der Waals surface area contributed by atoms with Crippen LogP contribution in [0.15, 0.2) is 24.9 Å². The number of H-pyrrole nitrogens is 1. The lowest BCUT2D eigenvalue weighted by Gasteiger charge is -1.97. The molecule has 0 aromatic carbocycles. The number of amides is 1. The zero-order valence-corrected chi connectivity index (χ0v) is 7.00. The van der Waals surface area contributed by atoms with Crippen LogP contribution < -0.4 is 5.32 Å². The van der Waals surface area contributed by atoms with E-state index in [9.17, 15) is 4.79 Å². The minimum atomic E-state index is -0.211. The molecule has 0 unspecified atom stereocenters. The number of aromatic amines is 1. The first-order chi connectivity index (χ1) is 6.27. The Hall–Kier alpha value is -2.02. The molecule has 0 bridgehead atoms. The zero-order valence-electron chi connectivity index (χ0n) is 7.00. The molecule has 66 valence electrons. The molecule has 4 heteroatoms. The van der Waals surface area contributed by atoms with Crippen LogP contribution in [0.5, 0.6) is 0 Å². The average molecular weight is 175 g/mol. The second kappa shape index (κ2) is 4.12. The van der Waals surface area contributed by atoms with Gasteiger partial charge in [-0.2, -0.15) is 5.26 Å². The molecule has 1 heterocycles. The van der Waals surface area contributed by atoms with Crippen molar-refractivity contribution < 1.29 is 4.79 Å². The maximum absolute atomic E-state index is 11.2. The third-order valence-corrected chi connectivity index (χ3v) is 1.47. The Bertz CT molecular complexity index is 359. The van der Waals surface area contributed by atoms with Gasteiger partial charge in [0, 0.05) is 12.7 Å². The molecule has 0 fully saturated rings. The Balaban J connectivity index is 2.67. The highest BCUT2D eigenvalue weighted by molar-refractivity contribution is 5.94. The van der Waals surface area contributed by atoms with Crippen LogP contribution in [-0.4, -0.2) is 17.4 Å². The van der Waals surface area contributed by atoms with Crippen LogP contribution in [0.3, 0.4) is 0 Å². The van der Waals surface area contributed by atoms with Gasteiger partial charge in [0.05, 0.1) is 5.56 Å². The molecule has 1 aromatic rings. The molecule has 1 amide bonds. The lowest BCUT2D eigenvalue weighted by Crippen LogP contribution is -2.22. The maximum atomic E-state index is 11.2. The molecule has 0 aliphatic rings. The highest BCUT2D eigenvalue weighted by atomic mass is 16.1. The lowest BCUT2D eigenvalue weighted by molar-refractivity contribution is 0.0958. The molecule has 0 spiro atoms. The summed E-state index contributed by atoms with van der Waals surface area (Å²) in [7, 11) is 0. The quantitative estimate of drug-likeness (QED) is 0.667. The lowest BCUT2D eigenvalue weighted by atomic mass is 10.3. The Kier molecular flexibility index (Phi) is 2.87. The third-order valence-electron chi connectivity index (χ3n) is 1.47. The molecule has 4 nitrogen and oxygen atoms in total. The summed E-state index contributed by atoms with van der Waals surface area (Å²) in [6, 6.07) is 3.40. The van der Waals surface area contributed by atoms with Gasteiger partial charge in [-0.25, -0.2) is 0 Å². The molecular formula is C9H9N3O. The van der Waals surface area contributed by atoms with E-state index in [4.69, 9.17) is 5.26 Å². The standard InChI is InChI=1S/C9H9N3O/c1-2-3-11-9(13)7-4-8(5-10)12-6-7/h2,4,6,12H,1,3H2,(H,11,13). The van der Waals surface area contributed by atoms with Crippen molar-refractivity contribution in [3.05, 3.63) is 36.2 Å². The van der Waals surface area contributed by atoms with Crippen molar-refractivity contribution in [3.8, 4) is 6.07 Å². The van der Waals surface area contributed by atoms with Gasteiger partial charge in [0.25, 0.3) is 5.91 Å². The monoisotopic (exact) mass is 175 g/mol. The Morgan fingerprint density at radius 1 is 1.85 bits per heavy atom. The Morgan fingerprint density at radius 2 is 2.62 bits per heavy atom. The van der Waals surface area contributed by atoms with E-state index in [1.54, 1.807) is 6.08 Å². The summed E-state index contributed by atoms with van der Waals surface area (Å²) in [6.45, 7) is 3.90. The molecule has 0 atom stereocenters. The molecule has 0 aliphatic heterocycles. The van der Waals surface area contributed by atoms with Crippen LogP contribution in [0.4, 0.5) is 0 Å². The van der Waals surface area contributed by atoms with Gasteiger partial charge >= 0.3 is 0 Å². The first-order valence-electron chi connectivity index (χ1n) is 3.75. The van der Waals surface area contributed by atoms with Gasteiger partial charge in [-0.15, -0.1) is 6.58 Å². The number of aromatic nitrogens is 1. The molecule has 0 saturated carbocycles. The summed E-state index contributed by atoms with van der Waals surface area (Å²) in [4.78, 5) is 13.9. The van der Waals surface area contributed by atoms with Crippen LogP contribution in [0.1, 0.15) is 16.1 Å². The summed E-state index contributed by atoms with van der Waals surface area (Å²) < 4.78 is 0. The predicted molar refractivity (Wildman–Crippen MR) is 48.0 cm³/mol. The van der Waals surface area contributed by atoms with E-state index < -0.39 is 0 Å². The Morgan fingerprint density at radius 3 is 3.15 bits per heavy atom. The van der Waals surface area contributed by atoms with E-state index >= 15 is 0 Å². The summed E-state index contributed by atoms with van der Waals surface area (Å²) in [5, 5.41) is 11.1. The molecule has 13 heavy (non-hydrogen) atoms. The summed E-state index contributed by atoms with van der Waals surface area (Å²) in [6.07, 6.45) is 3.09. The molecule has 0 radical (unpaired) electrons. The first-order valence-corrected chi connectivity index (χ1v) is 3.75. The first kappa shape index (κ1) is 9.07. The highest BCUT2D eigenvalue weighted by Crippen LogP contribution is 2.01. The minimum absolute atomic E-state index is 0.211. The maximum Gasteiger partial charge on any atom is 0.253 e. The van der Waals surface area contributed by atoms with E-state index in [1.807, 2.05) is 6.07 Å². The van der Waals surface area contributed by atoms with Gasteiger partial charge in [0.15, 0.2) is 0 Å². The van der Waals surface area contributed by atoms with Gasteiger partial charge in [-0.1, -0.05) is 6.08 Å². The van der Waals surface area contributed by atoms with Crippen LogP contribution in [0.2, 0.25) is 0 Å². The number of hydrogen-bond donors (Lipinski definition) is 2. The number of nitriles is 1. The van der Waals surface area contributed by atoms with Gasteiger partial charge in [0.1, 0.15) is 11.8 Å². The van der Waals surface area contributed by atoms with Crippen molar-refractivity contribution in [2.24, 2.45) is 0 Å². The van der Waals surface area contributed by atoms with Crippen LogP contribution in [0.25, 0.3) is 0 Å². The molecule has 0 aliphatic carbocycles. The van der Waals surface area contributed by atoms with E-state index in [0.717, 1.165) is 0 Å². The van der Waals surface area contributed by atoms with Crippen LogP contribution in [0, 0.1) is 11.3 Å². The second-order valence-corrected chi connectivity index (χ2v) is 2.41.